The quantitative estimate of drug-likeness (QED) is 0.138. The van der Waals surface area contributed by atoms with E-state index < -0.39 is 46.8 Å². The van der Waals surface area contributed by atoms with E-state index >= 15 is 0 Å². The Bertz CT molecular complexity index is 534. The molecule has 0 heterocycles. The third-order valence-electron chi connectivity index (χ3n) is 4.07. The molecule has 0 aliphatic rings. The molecule has 2 atom stereocenters. The number of hydrogen-bond acceptors (Lipinski definition) is 8. The van der Waals surface area contributed by atoms with Gasteiger partial charge in [0.2, 0.25) is 11.8 Å². The number of nitrogens with one attached hydrogen (secondary N) is 2. The molecule has 0 bridgehead atoms. The van der Waals surface area contributed by atoms with Crippen molar-refractivity contribution in [2.24, 2.45) is 10.8 Å². The van der Waals surface area contributed by atoms with Gasteiger partial charge < -0.3 is 41.3 Å². The largest absolute Gasteiger partial charge is 0.481 e. The molecular weight excluding hydrogens is 444 g/mol. The molecular formula is C18H34CaN2O10. The van der Waals surface area contributed by atoms with Crippen molar-refractivity contribution >= 4 is 61.5 Å². The number of carbonyl (C=O) groups is 4. The van der Waals surface area contributed by atoms with Gasteiger partial charge in [0.15, 0.2) is 0 Å². The second-order valence-electron chi connectivity index (χ2n) is 7.97. The monoisotopic (exact) mass is 478 g/mol. The third kappa shape index (κ3) is 15.4. The summed E-state index contributed by atoms with van der Waals surface area (Å²) in [5.74, 6) is -3.39. The maximum atomic E-state index is 11.3. The van der Waals surface area contributed by atoms with Crippen LogP contribution in [0.1, 0.15) is 40.5 Å². The van der Waals surface area contributed by atoms with E-state index in [4.69, 9.17) is 20.4 Å². The van der Waals surface area contributed by atoms with Crippen LogP contribution in [0.25, 0.3) is 0 Å². The number of carboxylic acid groups (broad SMARTS) is 2. The fraction of sp³-hybridized carbons (Fsp3) is 0.778. The first-order valence-corrected chi connectivity index (χ1v) is 9.19. The number of aliphatic hydroxyl groups excluding tert-OH is 4. The van der Waals surface area contributed by atoms with Crippen LogP contribution in [0.4, 0.5) is 0 Å². The van der Waals surface area contributed by atoms with Crippen LogP contribution < -0.4 is 10.6 Å². The van der Waals surface area contributed by atoms with E-state index in [2.05, 4.69) is 10.6 Å². The molecule has 0 rings (SSSR count). The van der Waals surface area contributed by atoms with Gasteiger partial charge in [-0.1, -0.05) is 27.7 Å². The number of aliphatic hydroxyl groups is 4. The van der Waals surface area contributed by atoms with Crippen molar-refractivity contribution in [3.8, 4) is 0 Å². The summed E-state index contributed by atoms with van der Waals surface area (Å²) in [6, 6.07) is 0. The normalized spacial score (nSPS) is 12.9. The zero-order chi connectivity index (χ0) is 24.1. The minimum absolute atomic E-state index is 0. The van der Waals surface area contributed by atoms with E-state index in [1.165, 1.54) is 27.7 Å². The van der Waals surface area contributed by atoms with Crippen LogP contribution in [0.2, 0.25) is 0 Å². The minimum atomic E-state index is -1.35. The van der Waals surface area contributed by atoms with Crippen LogP contribution in [0.5, 0.6) is 0 Å². The molecule has 0 fully saturated rings. The zero-order valence-electron chi connectivity index (χ0n) is 18.4. The first kappa shape index (κ1) is 34.6. The van der Waals surface area contributed by atoms with E-state index in [0.717, 1.165) is 0 Å². The predicted molar refractivity (Wildman–Crippen MR) is 110 cm³/mol. The maximum Gasteiger partial charge on any atom is 0.305 e. The van der Waals surface area contributed by atoms with Crippen LogP contribution in [0, 0.1) is 10.8 Å². The van der Waals surface area contributed by atoms with Gasteiger partial charge in [0.25, 0.3) is 0 Å². The molecule has 8 N–H and O–H groups in total. The smallest absolute Gasteiger partial charge is 0.305 e. The standard InChI is InChI=1S/2C9H17NO5.Ca/c2*1-9(2,5-11)7(14)8(15)10-4-3-6(12)13;/h2*7,11,14H,3-5H2,1-2H3,(H,10,15)(H,12,13);/t2*7-;/m00./s1. The van der Waals surface area contributed by atoms with Gasteiger partial charge in [0, 0.05) is 61.7 Å². The summed E-state index contributed by atoms with van der Waals surface area (Å²) in [6.07, 6.45) is -3.09. The second-order valence-corrected chi connectivity index (χ2v) is 7.97. The molecule has 0 saturated carbocycles. The van der Waals surface area contributed by atoms with Gasteiger partial charge >= 0.3 is 11.9 Å². The first-order chi connectivity index (χ1) is 13.6. The van der Waals surface area contributed by atoms with Gasteiger partial charge in [-0.2, -0.15) is 0 Å². The third-order valence-corrected chi connectivity index (χ3v) is 4.07. The molecule has 0 aliphatic carbocycles. The fourth-order valence-electron chi connectivity index (χ4n) is 1.66. The second kappa shape index (κ2) is 16.6. The number of carbonyl (C=O) groups excluding carboxylic acids is 2. The Morgan fingerprint density at radius 2 is 0.968 bits per heavy atom. The minimum Gasteiger partial charge on any atom is -0.481 e. The molecule has 0 aliphatic heterocycles. The van der Waals surface area contributed by atoms with Crippen molar-refractivity contribution in [1.82, 2.24) is 10.6 Å². The number of rotatable bonds is 12. The number of carboxylic acids is 2. The Balaban J connectivity index is -0.000000490. The van der Waals surface area contributed by atoms with E-state index in [1.54, 1.807) is 0 Å². The average Bonchev–Trinajstić information content (AvgIpc) is 2.66. The molecule has 0 unspecified atom stereocenters. The van der Waals surface area contributed by atoms with Crippen LogP contribution in [-0.2, 0) is 19.2 Å². The van der Waals surface area contributed by atoms with Gasteiger partial charge in [0.1, 0.15) is 12.2 Å². The zero-order valence-corrected chi connectivity index (χ0v) is 20.6. The Labute approximate surface area is 211 Å². The van der Waals surface area contributed by atoms with E-state index in [1.807, 2.05) is 0 Å². The first-order valence-electron chi connectivity index (χ1n) is 9.19. The van der Waals surface area contributed by atoms with Crippen molar-refractivity contribution in [1.29, 1.82) is 0 Å². The van der Waals surface area contributed by atoms with E-state index in [0.29, 0.717) is 0 Å². The van der Waals surface area contributed by atoms with Gasteiger partial charge in [-0.25, -0.2) is 0 Å². The summed E-state index contributed by atoms with van der Waals surface area (Å²) in [7, 11) is 0. The van der Waals surface area contributed by atoms with Gasteiger partial charge in [-0.3, -0.25) is 19.2 Å². The summed E-state index contributed by atoms with van der Waals surface area (Å²) in [5, 5.41) is 57.9. The molecule has 178 valence electrons. The molecule has 0 aromatic heterocycles. The summed E-state index contributed by atoms with van der Waals surface area (Å²) < 4.78 is 0. The van der Waals surface area contributed by atoms with Crippen LogP contribution >= 0.6 is 0 Å². The van der Waals surface area contributed by atoms with Crippen LogP contribution in [0.3, 0.4) is 0 Å². The number of amides is 2. The SMILES string of the molecule is CC(C)(CO)[C@@H](O)C(=O)NCCC(=O)O.CC(C)(CO)[C@@H](O)C(=O)NCCC(=O)O.[Ca]. The summed E-state index contributed by atoms with van der Waals surface area (Å²) in [4.78, 5) is 42.8. The number of aliphatic carboxylic acids is 2. The Hall–Kier alpha value is -1.02. The number of hydrogen-bond donors (Lipinski definition) is 8. The molecule has 31 heavy (non-hydrogen) atoms. The molecule has 0 spiro atoms. The maximum absolute atomic E-state index is 11.3. The predicted octanol–water partition coefficient (Wildman–Crippen LogP) is -2.47. The fourth-order valence-corrected chi connectivity index (χ4v) is 1.66. The van der Waals surface area contributed by atoms with Crippen molar-refractivity contribution in [3.05, 3.63) is 0 Å². The van der Waals surface area contributed by atoms with Gasteiger partial charge in [0.05, 0.1) is 26.1 Å². The molecule has 0 aromatic carbocycles. The molecule has 13 heteroatoms. The van der Waals surface area contributed by atoms with Crippen LogP contribution in [-0.4, -0.2) is 131 Å². The van der Waals surface area contributed by atoms with Crippen molar-refractivity contribution in [3.63, 3.8) is 0 Å². The summed E-state index contributed by atoms with van der Waals surface area (Å²) in [6.45, 7) is 5.41. The summed E-state index contributed by atoms with van der Waals surface area (Å²) >= 11 is 0. The molecule has 2 radical (unpaired) electrons. The van der Waals surface area contributed by atoms with Gasteiger partial charge in [-0.15, -0.1) is 0 Å². The van der Waals surface area contributed by atoms with Gasteiger partial charge in [-0.05, 0) is 0 Å². The molecule has 2 amide bonds. The topological polar surface area (TPSA) is 214 Å². The van der Waals surface area contributed by atoms with Crippen molar-refractivity contribution in [2.75, 3.05) is 26.3 Å². The Kier molecular flexibility index (Phi) is 18.5. The average molecular weight is 479 g/mol. The van der Waals surface area contributed by atoms with E-state index in [-0.39, 0.29) is 76.9 Å². The van der Waals surface area contributed by atoms with E-state index in [9.17, 15) is 29.4 Å². The van der Waals surface area contributed by atoms with Crippen molar-refractivity contribution in [2.45, 2.75) is 52.7 Å². The van der Waals surface area contributed by atoms with Crippen molar-refractivity contribution < 1.29 is 49.8 Å². The molecule has 0 saturated heterocycles. The van der Waals surface area contributed by atoms with Crippen LogP contribution in [0.15, 0.2) is 0 Å². The summed E-state index contributed by atoms with van der Waals surface area (Å²) in [5.41, 5.74) is -1.87. The Morgan fingerprint density at radius 1 is 0.710 bits per heavy atom. The Morgan fingerprint density at radius 3 is 1.16 bits per heavy atom. The molecule has 0 aromatic rings. The molecule has 12 nitrogen and oxygen atoms in total.